The Hall–Kier alpha value is -1.11. The average molecular weight is 360 g/mol. The number of hydrogen-bond donors (Lipinski definition) is 2. The molecule has 3 N–H and O–H groups in total. The van der Waals surface area contributed by atoms with Crippen molar-refractivity contribution in [2.24, 2.45) is 11.1 Å². The summed E-state index contributed by atoms with van der Waals surface area (Å²) in [5.74, 6) is 0.0866. The molecular weight excluding hydrogens is 334 g/mol. The molecule has 23 heavy (non-hydrogen) atoms. The van der Waals surface area contributed by atoms with Crippen LogP contribution in [0.4, 0.5) is 0 Å². The lowest BCUT2D eigenvalue weighted by molar-refractivity contribution is -0.134. The normalized spacial score (nSPS) is 19.8. The van der Waals surface area contributed by atoms with Crippen LogP contribution in [0.15, 0.2) is 16.8 Å². The van der Waals surface area contributed by atoms with E-state index in [1.54, 1.807) is 6.07 Å². The predicted octanol–water partition coefficient (Wildman–Crippen LogP) is 2.27. The number of carbonyl (C=O) groups excluding carboxylic acids is 2. The van der Waals surface area contributed by atoms with Crippen molar-refractivity contribution in [1.82, 2.24) is 10.2 Å². The summed E-state index contributed by atoms with van der Waals surface area (Å²) < 4.78 is 0. The first-order valence-corrected chi connectivity index (χ1v) is 8.68. The lowest BCUT2D eigenvalue weighted by Crippen LogP contribution is -2.54. The smallest absolute Gasteiger partial charge is 0.252 e. The third-order valence-corrected chi connectivity index (χ3v) is 4.98. The fraction of sp³-hybridized carbons (Fsp3) is 0.625. The van der Waals surface area contributed by atoms with Crippen molar-refractivity contribution in [3.8, 4) is 0 Å². The summed E-state index contributed by atoms with van der Waals surface area (Å²) >= 11 is 1.50. The molecule has 1 unspecified atom stereocenters. The Morgan fingerprint density at radius 3 is 2.83 bits per heavy atom. The lowest BCUT2D eigenvalue weighted by atomic mass is 9.79. The topological polar surface area (TPSA) is 75.4 Å². The molecule has 1 aliphatic rings. The van der Waals surface area contributed by atoms with Gasteiger partial charge >= 0.3 is 0 Å². The number of nitrogens with two attached hydrogens (primary N) is 1. The summed E-state index contributed by atoms with van der Waals surface area (Å²) in [4.78, 5) is 25.9. The van der Waals surface area contributed by atoms with Gasteiger partial charge in [-0.15, -0.1) is 12.4 Å². The second-order valence-corrected chi connectivity index (χ2v) is 7.35. The van der Waals surface area contributed by atoms with Gasteiger partial charge in [-0.05, 0) is 29.7 Å². The largest absolute Gasteiger partial charge is 0.352 e. The maximum Gasteiger partial charge on any atom is 0.252 e. The average Bonchev–Trinajstić information content (AvgIpc) is 3.00. The maximum absolute atomic E-state index is 12.2. The van der Waals surface area contributed by atoms with Crippen molar-refractivity contribution < 1.29 is 9.59 Å². The second kappa shape index (κ2) is 8.66. The Morgan fingerprint density at radius 2 is 2.22 bits per heavy atom. The number of carbonyl (C=O) groups is 2. The van der Waals surface area contributed by atoms with E-state index in [2.05, 4.69) is 19.2 Å². The van der Waals surface area contributed by atoms with Crippen LogP contribution < -0.4 is 11.1 Å². The quantitative estimate of drug-likeness (QED) is 0.792. The molecule has 1 aromatic rings. The van der Waals surface area contributed by atoms with Gasteiger partial charge in [0.05, 0.1) is 0 Å². The highest BCUT2D eigenvalue weighted by Gasteiger charge is 2.34. The van der Waals surface area contributed by atoms with Gasteiger partial charge in [-0.1, -0.05) is 13.8 Å². The van der Waals surface area contributed by atoms with Crippen LogP contribution in [0.25, 0.3) is 0 Å². The number of halogens is 1. The van der Waals surface area contributed by atoms with Crippen molar-refractivity contribution in [1.29, 1.82) is 0 Å². The molecule has 0 bridgehead atoms. The van der Waals surface area contributed by atoms with Gasteiger partial charge in [0.1, 0.15) is 0 Å². The molecule has 1 atom stereocenters. The first kappa shape index (κ1) is 19.9. The summed E-state index contributed by atoms with van der Waals surface area (Å²) in [7, 11) is 0. The summed E-state index contributed by atoms with van der Waals surface area (Å²) in [5, 5.41) is 6.54. The number of thiophene rings is 1. The van der Waals surface area contributed by atoms with Gasteiger partial charge < -0.3 is 16.0 Å². The minimum Gasteiger partial charge on any atom is -0.352 e. The summed E-state index contributed by atoms with van der Waals surface area (Å²) in [5.41, 5.74) is 6.75. The fourth-order valence-corrected chi connectivity index (χ4v) is 3.32. The fourth-order valence-electron chi connectivity index (χ4n) is 2.68. The molecule has 2 rings (SSSR count). The third kappa shape index (κ3) is 5.48. The standard InChI is InChI=1S/C16H25N3O2S.ClH/c1-16(2)11-19(8-5-13(16)17)14(20)4-3-7-18-15(21)12-6-9-22-10-12;/h6,9-10,13H,3-5,7-8,11,17H2,1-2H3,(H,18,21);1H. The number of rotatable bonds is 5. The van der Waals surface area contributed by atoms with Gasteiger partial charge in [-0.3, -0.25) is 9.59 Å². The highest BCUT2D eigenvalue weighted by atomic mass is 35.5. The Bertz CT molecular complexity index is 519. The molecular formula is C16H26ClN3O2S. The molecule has 7 heteroatoms. The van der Waals surface area contributed by atoms with E-state index in [0.717, 1.165) is 13.0 Å². The van der Waals surface area contributed by atoms with E-state index in [9.17, 15) is 9.59 Å². The SMILES string of the molecule is CC1(C)CN(C(=O)CCCNC(=O)c2ccsc2)CCC1N.Cl. The van der Waals surface area contributed by atoms with E-state index >= 15 is 0 Å². The number of piperidine rings is 1. The third-order valence-electron chi connectivity index (χ3n) is 4.30. The number of hydrogen-bond acceptors (Lipinski definition) is 4. The maximum atomic E-state index is 12.2. The molecule has 1 aliphatic heterocycles. The van der Waals surface area contributed by atoms with Gasteiger partial charge in [-0.25, -0.2) is 0 Å². The van der Waals surface area contributed by atoms with Crippen LogP contribution in [0, 0.1) is 5.41 Å². The Kier molecular flexibility index (Phi) is 7.51. The van der Waals surface area contributed by atoms with Crippen molar-refractivity contribution >= 4 is 35.6 Å². The molecule has 1 fully saturated rings. The van der Waals surface area contributed by atoms with E-state index in [1.165, 1.54) is 11.3 Å². The number of amides is 2. The Balaban J connectivity index is 0.00000264. The van der Waals surface area contributed by atoms with Gasteiger partial charge in [0.2, 0.25) is 5.91 Å². The minimum absolute atomic E-state index is 0. The molecule has 0 radical (unpaired) electrons. The van der Waals surface area contributed by atoms with E-state index in [4.69, 9.17) is 5.73 Å². The molecule has 5 nitrogen and oxygen atoms in total. The van der Waals surface area contributed by atoms with Crippen LogP contribution in [-0.4, -0.2) is 42.4 Å². The molecule has 0 saturated carbocycles. The lowest BCUT2D eigenvalue weighted by Gasteiger charge is -2.42. The van der Waals surface area contributed by atoms with Crippen LogP contribution in [-0.2, 0) is 4.79 Å². The van der Waals surface area contributed by atoms with Gasteiger partial charge in [0, 0.05) is 43.0 Å². The summed E-state index contributed by atoms with van der Waals surface area (Å²) in [6.45, 7) is 6.20. The van der Waals surface area contributed by atoms with Crippen LogP contribution in [0.5, 0.6) is 0 Å². The molecule has 0 spiro atoms. The molecule has 2 amide bonds. The highest BCUT2D eigenvalue weighted by Crippen LogP contribution is 2.28. The zero-order valence-electron chi connectivity index (χ0n) is 13.7. The zero-order valence-corrected chi connectivity index (χ0v) is 15.3. The monoisotopic (exact) mass is 359 g/mol. The van der Waals surface area contributed by atoms with Crippen molar-refractivity contribution in [2.45, 2.75) is 39.2 Å². The molecule has 0 aliphatic carbocycles. The number of likely N-dealkylation sites (tertiary alicyclic amines) is 1. The Morgan fingerprint density at radius 1 is 1.48 bits per heavy atom. The zero-order chi connectivity index (χ0) is 16.2. The van der Waals surface area contributed by atoms with Gasteiger partial charge in [0.25, 0.3) is 5.91 Å². The van der Waals surface area contributed by atoms with Crippen LogP contribution in [0.3, 0.4) is 0 Å². The van der Waals surface area contributed by atoms with E-state index in [-0.39, 0.29) is 35.7 Å². The van der Waals surface area contributed by atoms with Gasteiger partial charge in [0.15, 0.2) is 0 Å². The second-order valence-electron chi connectivity index (χ2n) is 6.57. The van der Waals surface area contributed by atoms with Crippen molar-refractivity contribution in [2.75, 3.05) is 19.6 Å². The minimum atomic E-state index is -0.0706. The predicted molar refractivity (Wildman–Crippen MR) is 96.1 cm³/mol. The Labute approximate surface area is 148 Å². The molecule has 1 saturated heterocycles. The highest BCUT2D eigenvalue weighted by molar-refractivity contribution is 7.08. The molecule has 130 valence electrons. The van der Waals surface area contributed by atoms with Gasteiger partial charge in [-0.2, -0.15) is 11.3 Å². The summed E-state index contributed by atoms with van der Waals surface area (Å²) in [6, 6.07) is 1.95. The first-order valence-electron chi connectivity index (χ1n) is 7.74. The van der Waals surface area contributed by atoms with Crippen molar-refractivity contribution in [3.05, 3.63) is 22.4 Å². The molecule has 0 aromatic carbocycles. The van der Waals surface area contributed by atoms with E-state index in [0.29, 0.717) is 31.5 Å². The molecule has 2 heterocycles. The van der Waals surface area contributed by atoms with E-state index < -0.39 is 0 Å². The van der Waals surface area contributed by atoms with Crippen molar-refractivity contribution in [3.63, 3.8) is 0 Å². The first-order chi connectivity index (χ1) is 10.4. The molecule has 1 aromatic heterocycles. The number of nitrogens with zero attached hydrogens (tertiary/aromatic N) is 1. The number of nitrogens with one attached hydrogen (secondary N) is 1. The summed E-state index contributed by atoms with van der Waals surface area (Å²) in [6.07, 6.45) is 1.99. The van der Waals surface area contributed by atoms with E-state index in [1.807, 2.05) is 15.7 Å². The van der Waals surface area contributed by atoms with Crippen LogP contribution >= 0.6 is 23.7 Å². The van der Waals surface area contributed by atoms with Crippen LogP contribution in [0.2, 0.25) is 0 Å². The van der Waals surface area contributed by atoms with Crippen LogP contribution in [0.1, 0.15) is 43.5 Å².